The second-order valence-electron chi connectivity index (χ2n) is 6.19. The zero-order valence-corrected chi connectivity index (χ0v) is 14.3. The van der Waals surface area contributed by atoms with E-state index in [1.165, 1.54) is 0 Å². The van der Waals surface area contributed by atoms with Crippen LogP contribution in [-0.4, -0.2) is 40.6 Å². The number of hydrogen-bond acceptors (Lipinski definition) is 4. The lowest BCUT2D eigenvalue weighted by Gasteiger charge is -2.31. The summed E-state index contributed by atoms with van der Waals surface area (Å²) in [6, 6.07) is 3.97. The van der Waals surface area contributed by atoms with E-state index >= 15 is 0 Å². The lowest BCUT2D eigenvalue weighted by Crippen LogP contribution is -2.40. The first-order valence-electron chi connectivity index (χ1n) is 7.86. The number of aryl methyl sites for hydroxylation is 2. The minimum Gasteiger partial charge on any atom is -0.274 e. The van der Waals surface area contributed by atoms with Gasteiger partial charge in [-0.3, -0.25) is 9.67 Å². The van der Waals surface area contributed by atoms with Crippen molar-refractivity contribution < 1.29 is 8.42 Å². The molecular weight excluding hydrogens is 312 g/mol. The normalized spacial score (nSPS) is 19.8. The highest BCUT2D eigenvalue weighted by Gasteiger charge is 2.32. The first-order chi connectivity index (χ1) is 11.0. The second-order valence-corrected chi connectivity index (χ2v) is 8.10. The lowest BCUT2D eigenvalue weighted by molar-refractivity contribution is 0.265. The number of rotatable bonds is 4. The average Bonchev–Trinajstić information content (AvgIpc) is 2.88. The largest absolute Gasteiger partial charge is 0.274 e. The van der Waals surface area contributed by atoms with Crippen LogP contribution in [0, 0.1) is 12.8 Å². The van der Waals surface area contributed by atoms with Crippen molar-refractivity contribution in [2.45, 2.75) is 31.1 Å². The van der Waals surface area contributed by atoms with Crippen molar-refractivity contribution >= 4 is 10.0 Å². The molecule has 124 valence electrons. The number of hydrogen-bond donors (Lipinski definition) is 0. The van der Waals surface area contributed by atoms with Crippen LogP contribution >= 0.6 is 0 Å². The fourth-order valence-corrected chi connectivity index (χ4v) is 4.99. The lowest BCUT2D eigenvalue weighted by atomic mass is 9.93. The topological polar surface area (TPSA) is 68.1 Å². The molecule has 2 aromatic rings. The molecule has 1 aliphatic rings. The predicted octanol–water partition coefficient (Wildman–Crippen LogP) is 1.77. The van der Waals surface area contributed by atoms with Gasteiger partial charge in [0.15, 0.2) is 0 Å². The Morgan fingerprint density at radius 2 is 2.22 bits per heavy atom. The van der Waals surface area contributed by atoms with Crippen LogP contribution in [0.1, 0.15) is 24.1 Å². The summed E-state index contributed by atoms with van der Waals surface area (Å²) in [5.74, 6) is 0.333. The Morgan fingerprint density at radius 3 is 2.87 bits per heavy atom. The summed E-state index contributed by atoms with van der Waals surface area (Å²) < 4.78 is 28.9. The number of aromatic nitrogens is 3. The summed E-state index contributed by atoms with van der Waals surface area (Å²) in [5, 5.41) is 4.16. The Morgan fingerprint density at radius 1 is 1.39 bits per heavy atom. The molecule has 1 fully saturated rings. The molecule has 1 aliphatic heterocycles. The monoisotopic (exact) mass is 334 g/mol. The molecule has 7 heteroatoms. The molecule has 0 aliphatic carbocycles. The summed E-state index contributed by atoms with van der Waals surface area (Å²) in [6.45, 7) is 2.88. The summed E-state index contributed by atoms with van der Waals surface area (Å²) in [7, 11) is -1.72. The molecule has 1 unspecified atom stereocenters. The van der Waals surface area contributed by atoms with E-state index in [1.807, 2.05) is 18.3 Å². The fraction of sp³-hybridized carbons (Fsp3) is 0.500. The van der Waals surface area contributed by atoms with Crippen molar-refractivity contribution in [2.24, 2.45) is 13.0 Å². The van der Waals surface area contributed by atoms with Gasteiger partial charge in [-0.15, -0.1) is 0 Å². The number of sulfonamides is 1. The van der Waals surface area contributed by atoms with Gasteiger partial charge in [0, 0.05) is 38.7 Å². The van der Waals surface area contributed by atoms with Crippen LogP contribution < -0.4 is 0 Å². The van der Waals surface area contributed by atoms with Gasteiger partial charge in [0.25, 0.3) is 0 Å². The summed E-state index contributed by atoms with van der Waals surface area (Å²) in [4.78, 5) is 4.46. The maximum Gasteiger partial charge on any atom is 0.246 e. The third-order valence-electron chi connectivity index (χ3n) is 4.32. The summed E-state index contributed by atoms with van der Waals surface area (Å²) in [6.07, 6.45) is 8.02. The molecule has 0 amide bonds. The van der Waals surface area contributed by atoms with E-state index in [9.17, 15) is 8.42 Å². The van der Waals surface area contributed by atoms with E-state index in [2.05, 4.69) is 10.1 Å². The zero-order chi connectivity index (χ0) is 16.4. The number of piperidine rings is 1. The second kappa shape index (κ2) is 6.41. The van der Waals surface area contributed by atoms with Crippen molar-refractivity contribution in [1.29, 1.82) is 0 Å². The van der Waals surface area contributed by atoms with E-state index in [0.29, 0.717) is 29.6 Å². The van der Waals surface area contributed by atoms with Gasteiger partial charge in [0.05, 0.1) is 5.69 Å². The van der Waals surface area contributed by atoms with Gasteiger partial charge in [-0.25, -0.2) is 8.42 Å². The van der Waals surface area contributed by atoms with E-state index in [1.54, 1.807) is 35.4 Å². The molecule has 0 saturated carbocycles. The predicted molar refractivity (Wildman–Crippen MR) is 87.4 cm³/mol. The van der Waals surface area contributed by atoms with Gasteiger partial charge in [0.2, 0.25) is 10.0 Å². The molecule has 0 radical (unpaired) electrons. The standard InChI is InChI=1S/C16H22N4O2S/c1-13-16(12-19(2)18-13)23(21,22)20-8-4-6-15(11-20)9-14-5-3-7-17-10-14/h3,5,7,10,12,15H,4,6,8-9,11H2,1-2H3. The molecule has 3 heterocycles. The molecule has 23 heavy (non-hydrogen) atoms. The molecule has 2 aromatic heterocycles. The zero-order valence-electron chi connectivity index (χ0n) is 13.5. The van der Waals surface area contributed by atoms with E-state index in [-0.39, 0.29) is 0 Å². The quantitative estimate of drug-likeness (QED) is 0.854. The summed E-state index contributed by atoms with van der Waals surface area (Å²) >= 11 is 0. The van der Waals surface area contributed by atoms with Crippen LogP contribution in [0.25, 0.3) is 0 Å². The number of nitrogens with zero attached hydrogens (tertiary/aromatic N) is 4. The molecule has 0 spiro atoms. The smallest absolute Gasteiger partial charge is 0.246 e. The van der Waals surface area contributed by atoms with E-state index in [0.717, 1.165) is 24.8 Å². The molecule has 1 saturated heterocycles. The Kier molecular flexibility index (Phi) is 4.50. The van der Waals surface area contributed by atoms with E-state index in [4.69, 9.17) is 0 Å². The van der Waals surface area contributed by atoms with Crippen molar-refractivity contribution in [1.82, 2.24) is 19.1 Å². The van der Waals surface area contributed by atoms with Crippen LogP contribution in [0.3, 0.4) is 0 Å². The maximum absolute atomic E-state index is 12.9. The Bertz CT molecular complexity index is 771. The molecule has 3 rings (SSSR count). The molecule has 0 aromatic carbocycles. The van der Waals surface area contributed by atoms with E-state index < -0.39 is 10.0 Å². The van der Waals surface area contributed by atoms with Crippen molar-refractivity contribution in [3.05, 3.63) is 42.0 Å². The maximum atomic E-state index is 12.9. The SMILES string of the molecule is Cc1nn(C)cc1S(=O)(=O)N1CCCC(Cc2cccnc2)C1. The van der Waals surface area contributed by atoms with Gasteiger partial charge < -0.3 is 0 Å². The van der Waals surface area contributed by atoms with Crippen LogP contribution in [-0.2, 0) is 23.5 Å². The van der Waals surface area contributed by atoms with Crippen LogP contribution in [0.5, 0.6) is 0 Å². The third kappa shape index (κ3) is 3.45. The molecule has 1 atom stereocenters. The highest BCUT2D eigenvalue weighted by molar-refractivity contribution is 7.89. The first-order valence-corrected chi connectivity index (χ1v) is 9.30. The molecular formula is C16H22N4O2S. The van der Waals surface area contributed by atoms with Crippen molar-refractivity contribution in [2.75, 3.05) is 13.1 Å². The first kappa shape index (κ1) is 16.1. The Hall–Kier alpha value is -1.73. The van der Waals surface area contributed by atoms with Gasteiger partial charge in [-0.05, 0) is 43.7 Å². The van der Waals surface area contributed by atoms with Crippen LogP contribution in [0.15, 0.2) is 35.6 Å². The summed E-state index contributed by atoms with van der Waals surface area (Å²) in [5.41, 5.74) is 1.72. The van der Waals surface area contributed by atoms with Crippen molar-refractivity contribution in [3.63, 3.8) is 0 Å². The van der Waals surface area contributed by atoms with Gasteiger partial charge in [0.1, 0.15) is 4.90 Å². The van der Waals surface area contributed by atoms with Crippen LogP contribution in [0.4, 0.5) is 0 Å². The third-order valence-corrected chi connectivity index (χ3v) is 6.28. The fourth-order valence-electron chi connectivity index (χ4n) is 3.23. The Labute approximate surface area is 137 Å². The highest BCUT2D eigenvalue weighted by atomic mass is 32.2. The van der Waals surface area contributed by atoms with Crippen LogP contribution in [0.2, 0.25) is 0 Å². The number of pyridine rings is 1. The van der Waals surface area contributed by atoms with Gasteiger partial charge in [-0.1, -0.05) is 6.07 Å². The highest BCUT2D eigenvalue weighted by Crippen LogP contribution is 2.26. The minimum atomic E-state index is -3.46. The van der Waals surface area contributed by atoms with Crippen molar-refractivity contribution in [3.8, 4) is 0 Å². The Balaban J connectivity index is 1.76. The minimum absolute atomic E-state index is 0.321. The molecule has 6 nitrogen and oxygen atoms in total. The average molecular weight is 334 g/mol. The molecule has 0 N–H and O–H groups in total. The van der Waals surface area contributed by atoms with Gasteiger partial charge >= 0.3 is 0 Å². The van der Waals surface area contributed by atoms with Gasteiger partial charge in [-0.2, -0.15) is 9.40 Å². The molecule has 0 bridgehead atoms.